The third-order valence-corrected chi connectivity index (χ3v) is 6.34. The maximum atomic E-state index is 15.3. The highest BCUT2D eigenvalue weighted by atomic mass is 19.1. The maximum Gasteiger partial charge on any atom is 0.222 e. The fraction of sp³-hybridized carbons (Fsp3) is 0.360. The Balaban J connectivity index is 1.56. The van der Waals surface area contributed by atoms with Gasteiger partial charge in [0.1, 0.15) is 12.1 Å². The lowest BCUT2D eigenvalue weighted by Crippen LogP contribution is -2.47. The Morgan fingerprint density at radius 1 is 1.08 bits per heavy atom. The minimum absolute atomic E-state index is 0.0562. The van der Waals surface area contributed by atoms with E-state index >= 15 is 8.78 Å². The number of nitrogens with zero attached hydrogens (tertiary/aromatic N) is 4. The number of fused-ring (bicyclic) bond motifs is 3. The fourth-order valence-corrected chi connectivity index (χ4v) is 4.33. The zero-order chi connectivity index (χ0) is 26.3. The average molecular weight is 513 g/mol. The number of rotatable bonds is 7. The molecule has 0 saturated carbocycles. The molecule has 2 N–H and O–H groups in total. The number of benzene rings is 1. The Morgan fingerprint density at radius 3 is 2.46 bits per heavy atom. The van der Waals surface area contributed by atoms with Gasteiger partial charge in [-0.15, -0.1) is 0 Å². The highest BCUT2D eigenvalue weighted by molar-refractivity contribution is 5.92. The van der Waals surface area contributed by atoms with Crippen molar-refractivity contribution in [1.82, 2.24) is 24.9 Å². The fourth-order valence-electron chi connectivity index (χ4n) is 4.33. The van der Waals surface area contributed by atoms with E-state index in [2.05, 4.69) is 25.7 Å². The number of ether oxygens (including phenoxy) is 3. The summed E-state index contributed by atoms with van der Waals surface area (Å²) in [5, 5.41) is 11.2. The summed E-state index contributed by atoms with van der Waals surface area (Å²) in [5.74, 6) is -1.77. The van der Waals surface area contributed by atoms with Crippen molar-refractivity contribution in [2.75, 3.05) is 32.8 Å². The van der Waals surface area contributed by atoms with Crippen LogP contribution in [0.2, 0.25) is 0 Å². The standard InChI is InChI=1S/C25H26F2N6O4/c1-12(2)25(34)32-16-10-37-9-15(16)31-20-6-17-13(8-28-20)5-14(24-29-11-30-33(17)24)21-22(26)18(35-3)7-19(36-4)23(21)27/h5-8,11-12,15-16H,9-10H2,1-4H3,(H,28,31)(H,32,34). The molecule has 1 saturated heterocycles. The number of aromatic nitrogens is 4. The van der Waals surface area contributed by atoms with Gasteiger partial charge in [0.25, 0.3) is 0 Å². The Hall–Kier alpha value is -4.06. The number of nitrogens with one attached hydrogen (secondary N) is 2. The van der Waals surface area contributed by atoms with E-state index in [9.17, 15) is 4.79 Å². The molecule has 12 heteroatoms. The van der Waals surface area contributed by atoms with E-state index in [4.69, 9.17) is 14.2 Å². The molecule has 194 valence electrons. The number of anilines is 1. The second-order valence-corrected chi connectivity index (χ2v) is 9.02. The predicted molar refractivity (Wildman–Crippen MR) is 132 cm³/mol. The van der Waals surface area contributed by atoms with E-state index in [1.54, 1.807) is 18.3 Å². The second kappa shape index (κ2) is 9.77. The molecule has 0 aliphatic carbocycles. The van der Waals surface area contributed by atoms with Crippen LogP contribution in [-0.2, 0) is 9.53 Å². The van der Waals surface area contributed by atoms with Gasteiger partial charge in [-0.3, -0.25) is 4.79 Å². The van der Waals surface area contributed by atoms with Crippen LogP contribution in [0.4, 0.5) is 14.6 Å². The summed E-state index contributed by atoms with van der Waals surface area (Å²) < 4.78 is 47.8. The summed E-state index contributed by atoms with van der Waals surface area (Å²) in [6.45, 7) is 4.45. The van der Waals surface area contributed by atoms with Crippen molar-refractivity contribution in [3.05, 3.63) is 42.4 Å². The molecule has 1 amide bonds. The van der Waals surface area contributed by atoms with E-state index in [-0.39, 0.29) is 52.2 Å². The molecular weight excluding hydrogens is 486 g/mol. The van der Waals surface area contributed by atoms with Gasteiger partial charge in [-0.2, -0.15) is 5.10 Å². The molecule has 10 nitrogen and oxygen atoms in total. The van der Waals surface area contributed by atoms with Gasteiger partial charge in [-0.05, 0) is 6.07 Å². The summed E-state index contributed by atoms with van der Waals surface area (Å²) in [5.41, 5.74) is 0.681. The molecule has 4 aromatic rings. The molecule has 1 aliphatic rings. The molecular formula is C25H26F2N6O4. The molecule has 0 radical (unpaired) electrons. The van der Waals surface area contributed by atoms with Gasteiger partial charge in [0, 0.05) is 35.2 Å². The first kappa shape index (κ1) is 24.6. The van der Waals surface area contributed by atoms with Crippen molar-refractivity contribution < 1.29 is 27.8 Å². The molecule has 2 unspecified atom stereocenters. The summed E-state index contributed by atoms with van der Waals surface area (Å²) in [6, 6.07) is 4.11. The van der Waals surface area contributed by atoms with E-state index < -0.39 is 11.6 Å². The molecule has 0 spiro atoms. The maximum absolute atomic E-state index is 15.3. The number of pyridine rings is 2. The van der Waals surface area contributed by atoms with Gasteiger partial charge in [0.2, 0.25) is 5.91 Å². The first-order valence-corrected chi connectivity index (χ1v) is 11.7. The zero-order valence-corrected chi connectivity index (χ0v) is 20.7. The van der Waals surface area contributed by atoms with Crippen LogP contribution in [-0.4, -0.2) is 65.0 Å². The molecule has 1 fully saturated rings. The molecule has 3 aromatic heterocycles. The summed E-state index contributed by atoms with van der Waals surface area (Å²) >= 11 is 0. The zero-order valence-electron chi connectivity index (χ0n) is 20.7. The van der Waals surface area contributed by atoms with Gasteiger partial charge in [-0.1, -0.05) is 13.8 Å². The third kappa shape index (κ3) is 4.37. The Kier molecular flexibility index (Phi) is 6.50. The van der Waals surface area contributed by atoms with Crippen LogP contribution >= 0.6 is 0 Å². The topological polar surface area (TPSA) is 112 Å². The molecule has 5 rings (SSSR count). The summed E-state index contributed by atoms with van der Waals surface area (Å²) in [6.07, 6.45) is 2.88. The summed E-state index contributed by atoms with van der Waals surface area (Å²) in [4.78, 5) is 20.9. The highest BCUT2D eigenvalue weighted by Crippen LogP contribution is 2.40. The number of hydrogen-bond acceptors (Lipinski definition) is 8. The van der Waals surface area contributed by atoms with E-state index in [0.717, 1.165) is 6.07 Å². The van der Waals surface area contributed by atoms with Gasteiger partial charge in [0.15, 0.2) is 28.8 Å². The van der Waals surface area contributed by atoms with Crippen molar-refractivity contribution >= 4 is 28.3 Å². The van der Waals surface area contributed by atoms with Crippen LogP contribution in [0.3, 0.4) is 0 Å². The van der Waals surface area contributed by atoms with Crippen LogP contribution in [0.15, 0.2) is 30.7 Å². The Bertz CT molecular complexity index is 1460. The van der Waals surface area contributed by atoms with Crippen LogP contribution in [0.1, 0.15) is 13.8 Å². The lowest BCUT2D eigenvalue weighted by atomic mass is 10.0. The van der Waals surface area contributed by atoms with Crippen LogP contribution < -0.4 is 20.1 Å². The monoisotopic (exact) mass is 512 g/mol. The molecule has 1 aromatic carbocycles. The largest absolute Gasteiger partial charge is 0.494 e. The molecule has 4 heterocycles. The number of carbonyl (C=O) groups is 1. The van der Waals surface area contributed by atoms with E-state index in [1.165, 1.54) is 25.1 Å². The lowest BCUT2D eigenvalue weighted by Gasteiger charge is -2.22. The van der Waals surface area contributed by atoms with Crippen molar-refractivity contribution in [1.29, 1.82) is 0 Å². The van der Waals surface area contributed by atoms with Crippen molar-refractivity contribution in [2.24, 2.45) is 5.92 Å². The average Bonchev–Trinajstić information content (AvgIpc) is 3.54. The smallest absolute Gasteiger partial charge is 0.222 e. The summed E-state index contributed by atoms with van der Waals surface area (Å²) in [7, 11) is 2.58. The third-order valence-electron chi connectivity index (χ3n) is 6.34. The SMILES string of the molecule is COc1cc(OC)c(F)c(-c2cc3cnc(NC4COCC4NC(=O)C(C)C)cc3n3ncnc23)c1F. The van der Waals surface area contributed by atoms with E-state index in [1.807, 2.05) is 13.8 Å². The van der Waals surface area contributed by atoms with Gasteiger partial charge < -0.3 is 24.8 Å². The Morgan fingerprint density at radius 2 is 1.78 bits per heavy atom. The van der Waals surface area contributed by atoms with Crippen molar-refractivity contribution in [2.45, 2.75) is 25.9 Å². The Labute approximate surface area is 210 Å². The van der Waals surface area contributed by atoms with E-state index in [0.29, 0.717) is 29.9 Å². The van der Waals surface area contributed by atoms with Crippen molar-refractivity contribution in [3.8, 4) is 22.6 Å². The van der Waals surface area contributed by atoms with Crippen LogP contribution in [0.25, 0.3) is 27.7 Å². The normalized spacial score (nSPS) is 17.5. The van der Waals surface area contributed by atoms with Gasteiger partial charge in [0.05, 0.1) is 50.6 Å². The first-order valence-electron chi connectivity index (χ1n) is 11.7. The number of amides is 1. The number of carbonyl (C=O) groups excluding carboxylic acids is 1. The quantitative estimate of drug-likeness (QED) is 0.388. The number of methoxy groups -OCH3 is 2. The number of hydrogen-bond donors (Lipinski definition) is 2. The number of halogens is 2. The van der Waals surface area contributed by atoms with Gasteiger partial charge in [-0.25, -0.2) is 23.3 Å². The second-order valence-electron chi connectivity index (χ2n) is 9.02. The van der Waals surface area contributed by atoms with Crippen LogP contribution in [0.5, 0.6) is 11.5 Å². The predicted octanol–water partition coefficient (Wildman–Crippen LogP) is 3.19. The minimum atomic E-state index is -0.882. The molecule has 1 aliphatic heterocycles. The minimum Gasteiger partial charge on any atom is -0.494 e. The van der Waals surface area contributed by atoms with Crippen LogP contribution in [0, 0.1) is 17.6 Å². The molecule has 0 bridgehead atoms. The first-order chi connectivity index (χ1) is 17.8. The molecule has 37 heavy (non-hydrogen) atoms. The highest BCUT2D eigenvalue weighted by Gasteiger charge is 2.31. The van der Waals surface area contributed by atoms with Crippen molar-refractivity contribution in [3.63, 3.8) is 0 Å². The lowest BCUT2D eigenvalue weighted by molar-refractivity contribution is -0.124. The molecule has 2 atom stereocenters. The van der Waals surface area contributed by atoms with Gasteiger partial charge >= 0.3 is 0 Å².